The largest absolute Gasteiger partial charge is 3.00 e. The first-order valence-electron chi connectivity index (χ1n) is 3.43. The Morgan fingerprint density at radius 3 is 1.33 bits per heavy atom. The van der Waals surface area contributed by atoms with Crippen LogP contribution >= 0.6 is 0 Å². The molecule has 0 atom stereocenters. The molecule has 0 saturated carbocycles. The van der Waals surface area contributed by atoms with E-state index in [0.29, 0.717) is 0 Å². The van der Waals surface area contributed by atoms with Gasteiger partial charge in [-0.3, -0.25) is 12.2 Å². The molecule has 0 aliphatic heterocycles. The number of halogens is 1. The van der Waals surface area contributed by atoms with Crippen LogP contribution in [0.4, 0.5) is 0 Å². The molecule has 0 spiro atoms. The first-order chi connectivity index (χ1) is 5.00. The zero-order valence-corrected chi connectivity index (χ0v) is 10.7. The normalized spacial score (nSPS) is 14.7. The van der Waals surface area contributed by atoms with E-state index in [1.807, 2.05) is 24.3 Å². The van der Waals surface area contributed by atoms with Gasteiger partial charge in [0.1, 0.15) is 0 Å². The van der Waals surface area contributed by atoms with Crippen molar-refractivity contribution in [1.29, 1.82) is 0 Å². The minimum absolute atomic E-state index is 0. The SMILES string of the molecule is [C-]1=CC=CC1.[C-]1=CC=CC1.[Cl-].[Nd+3]. The van der Waals surface area contributed by atoms with E-state index in [4.69, 9.17) is 0 Å². The summed E-state index contributed by atoms with van der Waals surface area (Å²) in [5.74, 6) is 0. The second-order valence-electron chi connectivity index (χ2n) is 2.01. The van der Waals surface area contributed by atoms with Gasteiger partial charge in [-0.2, -0.15) is 12.2 Å². The average Bonchev–Trinajstić information content (AvgIpc) is 2.67. The van der Waals surface area contributed by atoms with Crippen LogP contribution in [0.3, 0.4) is 0 Å². The summed E-state index contributed by atoms with van der Waals surface area (Å²) >= 11 is 0. The summed E-state index contributed by atoms with van der Waals surface area (Å²) in [6.07, 6.45) is 20.0. The van der Waals surface area contributed by atoms with Crippen LogP contribution in [-0.2, 0) is 0 Å². The van der Waals surface area contributed by atoms with Gasteiger partial charge in [0.2, 0.25) is 0 Å². The van der Waals surface area contributed by atoms with E-state index in [1.54, 1.807) is 0 Å². The molecular weight excluding hydrogens is 300 g/mol. The number of allylic oxidation sites excluding steroid dienone is 8. The quantitative estimate of drug-likeness (QED) is 0.535. The maximum atomic E-state index is 2.99. The molecule has 0 fully saturated rings. The molecule has 0 N–H and O–H groups in total. The number of hydrogen-bond donors (Lipinski definition) is 0. The Bertz CT molecular complexity index is 148. The Labute approximate surface area is 113 Å². The molecule has 0 bridgehead atoms. The van der Waals surface area contributed by atoms with Crippen LogP contribution in [0.2, 0.25) is 0 Å². The molecule has 0 nitrogen and oxygen atoms in total. The van der Waals surface area contributed by atoms with E-state index >= 15 is 0 Å². The van der Waals surface area contributed by atoms with Crippen molar-refractivity contribution in [1.82, 2.24) is 0 Å². The summed E-state index contributed by atoms with van der Waals surface area (Å²) in [7, 11) is 0. The summed E-state index contributed by atoms with van der Waals surface area (Å²) < 4.78 is 0. The molecule has 2 aliphatic rings. The Balaban J connectivity index is 0. The van der Waals surface area contributed by atoms with E-state index in [1.165, 1.54) is 0 Å². The number of hydrogen-bond acceptors (Lipinski definition) is 0. The van der Waals surface area contributed by atoms with Gasteiger partial charge in [-0.25, -0.2) is 24.3 Å². The van der Waals surface area contributed by atoms with Crippen molar-refractivity contribution >= 4 is 0 Å². The zero-order chi connectivity index (χ0) is 7.07. The summed E-state index contributed by atoms with van der Waals surface area (Å²) in [5.41, 5.74) is 0. The van der Waals surface area contributed by atoms with Crippen LogP contribution < -0.4 is 12.4 Å². The molecule has 0 aromatic heterocycles. The zero-order valence-electron chi connectivity index (χ0n) is 6.76. The Morgan fingerprint density at radius 2 is 1.25 bits per heavy atom. The van der Waals surface area contributed by atoms with Crippen LogP contribution in [0.25, 0.3) is 0 Å². The maximum Gasteiger partial charge on any atom is 3.00 e. The minimum atomic E-state index is 0. The number of rotatable bonds is 0. The third kappa shape index (κ3) is 8.69. The molecule has 0 unspecified atom stereocenters. The first-order valence-corrected chi connectivity index (χ1v) is 3.43. The van der Waals surface area contributed by atoms with Crippen molar-refractivity contribution in [3.63, 3.8) is 0 Å². The topological polar surface area (TPSA) is 0 Å². The van der Waals surface area contributed by atoms with E-state index in [-0.39, 0.29) is 53.2 Å². The molecule has 1 radical (unpaired) electrons. The van der Waals surface area contributed by atoms with Gasteiger partial charge in [-0.15, -0.1) is 12.8 Å². The van der Waals surface area contributed by atoms with Crippen LogP contribution in [0.5, 0.6) is 0 Å². The molecule has 12 heavy (non-hydrogen) atoms. The van der Waals surface area contributed by atoms with Gasteiger partial charge in [-0.05, 0) is 0 Å². The van der Waals surface area contributed by atoms with Crippen molar-refractivity contribution in [3.05, 3.63) is 48.6 Å². The summed E-state index contributed by atoms with van der Waals surface area (Å²) in [6, 6.07) is 0. The van der Waals surface area contributed by atoms with Gasteiger partial charge >= 0.3 is 40.8 Å². The predicted molar refractivity (Wildman–Crippen MR) is 43.1 cm³/mol. The fraction of sp³-hybridized carbons (Fsp3) is 0.200. The second-order valence-corrected chi connectivity index (χ2v) is 2.01. The minimum Gasteiger partial charge on any atom is -1.00 e. The van der Waals surface area contributed by atoms with Gasteiger partial charge in [-0.1, -0.05) is 0 Å². The van der Waals surface area contributed by atoms with Gasteiger partial charge in [0, 0.05) is 0 Å². The molecule has 0 aromatic carbocycles. The van der Waals surface area contributed by atoms with Crippen LogP contribution in [0.15, 0.2) is 36.5 Å². The Morgan fingerprint density at radius 1 is 0.833 bits per heavy atom. The third-order valence-electron chi connectivity index (χ3n) is 1.17. The van der Waals surface area contributed by atoms with Crippen molar-refractivity contribution in [2.45, 2.75) is 12.8 Å². The molecule has 2 heteroatoms. The molecule has 2 rings (SSSR count). The second kappa shape index (κ2) is 11.6. The molecule has 0 heterocycles. The van der Waals surface area contributed by atoms with Crippen LogP contribution in [0.1, 0.15) is 12.8 Å². The smallest absolute Gasteiger partial charge is 1.00 e. The predicted octanol–water partition coefficient (Wildman–Crippen LogP) is -0.385. The molecule has 2 aliphatic carbocycles. The molecule has 0 amide bonds. The monoisotopic (exact) mass is 307 g/mol. The Kier molecular flexibility index (Phi) is 14.6. The standard InChI is InChI=1S/2C5H5.ClH.Nd/c2*1-2-4-5-3-1;;/h2*1-3H,4H2;1H;/q2*-1;;+3/p-1. The van der Waals surface area contributed by atoms with E-state index in [9.17, 15) is 0 Å². The first kappa shape index (κ1) is 15.1. The van der Waals surface area contributed by atoms with Gasteiger partial charge < -0.3 is 12.4 Å². The molecule has 0 aromatic rings. The average molecular weight is 310 g/mol. The van der Waals surface area contributed by atoms with E-state index in [0.717, 1.165) is 12.8 Å². The van der Waals surface area contributed by atoms with Gasteiger partial charge in [0.05, 0.1) is 0 Å². The summed E-state index contributed by atoms with van der Waals surface area (Å²) in [4.78, 5) is 0. The van der Waals surface area contributed by atoms with Crippen LogP contribution in [-0.4, -0.2) is 0 Å². The van der Waals surface area contributed by atoms with E-state index < -0.39 is 0 Å². The van der Waals surface area contributed by atoms with Crippen molar-refractivity contribution < 1.29 is 53.2 Å². The van der Waals surface area contributed by atoms with Crippen molar-refractivity contribution in [2.24, 2.45) is 0 Å². The van der Waals surface area contributed by atoms with Crippen LogP contribution in [0, 0.1) is 53.0 Å². The van der Waals surface area contributed by atoms with Crippen molar-refractivity contribution in [2.75, 3.05) is 0 Å². The van der Waals surface area contributed by atoms with E-state index in [2.05, 4.69) is 24.3 Å². The van der Waals surface area contributed by atoms with Gasteiger partial charge in [0.25, 0.3) is 0 Å². The summed E-state index contributed by atoms with van der Waals surface area (Å²) in [6.45, 7) is 0. The van der Waals surface area contributed by atoms with Crippen molar-refractivity contribution in [3.8, 4) is 0 Å². The maximum absolute atomic E-state index is 2.99. The Hall–Kier alpha value is 0.601. The summed E-state index contributed by atoms with van der Waals surface area (Å²) in [5, 5.41) is 0. The molecule has 0 saturated heterocycles. The molecule has 61 valence electrons. The third-order valence-corrected chi connectivity index (χ3v) is 1.17. The fourth-order valence-electron chi connectivity index (χ4n) is 0.680. The van der Waals surface area contributed by atoms with Gasteiger partial charge in [0.15, 0.2) is 0 Å². The fourth-order valence-corrected chi connectivity index (χ4v) is 0.680. The molecular formula is C10H10ClNd.